The molecule has 4 aromatic rings. The number of carbonyl (C=O) groups is 1. The summed E-state index contributed by atoms with van der Waals surface area (Å²) in [6.45, 7) is 10.2. The Labute approximate surface area is 193 Å². The Kier molecular flexibility index (Phi) is 5.64. The molecule has 33 heavy (non-hydrogen) atoms. The van der Waals surface area contributed by atoms with Crippen molar-refractivity contribution in [1.82, 2.24) is 14.8 Å². The van der Waals surface area contributed by atoms with Crippen molar-refractivity contribution in [3.05, 3.63) is 71.2 Å². The quantitative estimate of drug-likeness (QED) is 0.441. The first-order chi connectivity index (χ1) is 16.0. The number of hydrogen-bond acceptors (Lipinski definition) is 6. The molecule has 5 rings (SSSR count). The van der Waals surface area contributed by atoms with Gasteiger partial charge in [0, 0.05) is 60.3 Å². The van der Waals surface area contributed by atoms with Gasteiger partial charge in [-0.25, -0.2) is 0 Å². The molecule has 1 fully saturated rings. The van der Waals surface area contributed by atoms with Crippen LogP contribution in [0.25, 0.3) is 21.7 Å². The second kappa shape index (κ2) is 8.61. The maximum absolute atomic E-state index is 12.8. The standard InChI is InChI=1S/C27H29N3O3/c1-4-29-13-15-30(16-14-29)25(19-9-11-28-12-10-19)24-23-22(17(2)31)18(3)33-27(23)21-8-6-5-7-20(21)26(24)32/h5-12,25,32H,4,13-16H2,1-3H3. The van der Waals surface area contributed by atoms with Crippen LogP contribution in [0.2, 0.25) is 0 Å². The molecule has 6 heteroatoms. The van der Waals surface area contributed by atoms with Gasteiger partial charge >= 0.3 is 0 Å². The highest BCUT2D eigenvalue weighted by atomic mass is 16.3. The first-order valence-electron chi connectivity index (χ1n) is 11.5. The number of furan rings is 1. The van der Waals surface area contributed by atoms with Gasteiger partial charge in [-0.1, -0.05) is 31.2 Å². The molecular weight excluding hydrogens is 414 g/mol. The number of phenolic OH excluding ortho intramolecular Hbond substituents is 1. The topological polar surface area (TPSA) is 69.8 Å². The molecule has 2 aromatic heterocycles. The number of benzene rings is 2. The molecule has 0 aliphatic carbocycles. The first-order valence-corrected chi connectivity index (χ1v) is 11.5. The van der Waals surface area contributed by atoms with Crippen LogP contribution in [0.4, 0.5) is 0 Å². The summed E-state index contributed by atoms with van der Waals surface area (Å²) in [6.07, 6.45) is 3.57. The van der Waals surface area contributed by atoms with Crippen molar-refractivity contribution in [2.45, 2.75) is 26.8 Å². The number of ketones is 1. The Morgan fingerprint density at radius 2 is 1.76 bits per heavy atom. The minimum atomic E-state index is -0.228. The maximum atomic E-state index is 12.8. The van der Waals surface area contributed by atoms with Crippen LogP contribution in [0.1, 0.15) is 47.1 Å². The normalized spacial score (nSPS) is 16.5. The van der Waals surface area contributed by atoms with Gasteiger partial charge in [0.15, 0.2) is 5.78 Å². The molecule has 1 unspecified atom stereocenters. The van der Waals surface area contributed by atoms with Gasteiger partial charge in [0.1, 0.15) is 17.1 Å². The summed E-state index contributed by atoms with van der Waals surface area (Å²) >= 11 is 0. The van der Waals surface area contributed by atoms with Crippen LogP contribution in [-0.2, 0) is 0 Å². The van der Waals surface area contributed by atoms with E-state index in [9.17, 15) is 9.90 Å². The second-order valence-electron chi connectivity index (χ2n) is 8.75. The van der Waals surface area contributed by atoms with Crippen molar-refractivity contribution >= 4 is 27.5 Å². The van der Waals surface area contributed by atoms with Crippen molar-refractivity contribution in [3.63, 3.8) is 0 Å². The van der Waals surface area contributed by atoms with Crippen molar-refractivity contribution in [2.75, 3.05) is 32.7 Å². The Balaban J connectivity index is 1.84. The molecule has 0 radical (unpaired) electrons. The minimum Gasteiger partial charge on any atom is -0.507 e. The number of aryl methyl sites for hydroxylation is 1. The predicted molar refractivity (Wildman–Crippen MR) is 130 cm³/mol. The molecule has 0 spiro atoms. The maximum Gasteiger partial charge on any atom is 0.163 e. The fourth-order valence-electron chi connectivity index (χ4n) is 5.28. The summed E-state index contributed by atoms with van der Waals surface area (Å²) in [7, 11) is 0. The van der Waals surface area contributed by atoms with Gasteiger partial charge in [-0.05, 0) is 38.1 Å². The van der Waals surface area contributed by atoms with Crippen LogP contribution in [0, 0.1) is 6.92 Å². The Hall–Kier alpha value is -3.22. The zero-order valence-electron chi connectivity index (χ0n) is 19.3. The van der Waals surface area contributed by atoms with E-state index in [0.29, 0.717) is 16.9 Å². The molecule has 1 atom stereocenters. The third kappa shape index (κ3) is 3.59. The van der Waals surface area contributed by atoms with Crippen molar-refractivity contribution < 1.29 is 14.3 Å². The number of carbonyl (C=O) groups excluding carboxylic acids is 1. The van der Waals surface area contributed by atoms with Gasteiger partial charge in [0.05, 0.1) is 11.6 Å². The van der Waals surface area contributed by atoms with Crippen LogP contribution < -0.4 is 0 Å². The van der Waals surface area contributed by atoms with Gasteiger partial charge < -0.3 is 14.4 Å². The predicted octanol–water partition coefficient (Wildman–Crippen LogP) is 4.92. The summed E-state index contributed by atoms with van der Waals surface area (Å²) in [5, 5.41) is 14.0. The van der Waals surface area contributed by atoms with Gasteiger partial charge in [0.2, 0.25) is 0 Å². The van der Waals surface area contributed by atoms with Crippen LogP contribution in [0.3, 0.4) is 0 Å². The Bertz CT molecular complexity index is 1320. The molecule has 2 aromatic carbocycles. The summed E-state index contributed by atoms with van der Waals surface area (Å²) in [5.41, 5.74) is 2.98. The van der Waals surface area contributed by atoms with Gasteiger partial charge in [-0.15, -0.1) is 0 Å². The summed E-state index contributed by atoms with van der Waals surface area (Å²) < 4.78 is 6.21. The molecular formula is C27H29N3O3. The fraction of sp³-hybridized carbons (Fsp3) is 0.333. The molecule has 1 aliphatic heterocycles. The number of pyridine rings is 1. The minimum absolute atomic E-state index is 0.0635. The van der Waals surface area contributed by atoms with Gasteiger partial charge in [-0.3, -0.25) is 14.7 Å². The second-order valence-corrected chi connectivity index (χ2v) is 8.75. The van der Waals surface area contributed by atoms with E-state index >= 15 is 0 Å². The van der Waals surface area contributed by atoms with E-state index in [1.54, 1.807) is 19.3 Å². The lowest BCUT2D eigenvalue weighted by atomic mass is 9.88. The molecule has 170 valence electrons. The number of piperazine rings is 1. The number of nitrogens with zero attached hydrogens (tertiary/aromatic N) is 3. The zero-order valence-corrected chi connectivity index (χ0v) is 19.3. The summed E-state index contributed by atoms with van der Waals surface area (Å²) in [5.74, 6) is 0.728. The van der Waals surface area contributed by atoms with E-state index in [1.807, 2.05) is 43.3 Å². The van der Waals surface area contributed by atoms with E-state index in [0.717, 1.165) is 60.0 Å². The average molecular weight is 444 g/mol. The number of rotatable bonds is 5. The highest BCUT2D eigenvalue weighted by molar-refractivity contribution is 6.17. The lowest BCUT2D eigenvalue weighted by molar-refractivity contribution is 0.101. The van der Waals surface area contributed by atoms with Crippen molar-refractivity contribution in [2.24, 2.45) is 0 Å². The smallest absolute Gasteiger partial charge is 0.163 e. The van der Waals surface area contributed by atoms with Gasteiger partial charge in [-0.2, -0.15) is 0 Å². The Morgan fingerprint density at radius 3 is 2.39 bits per heavy atom. The van der Waals surface area contributed by atoms with Crippen LogP contribution >= 0.6 is 0 Å². The van der Waals surface area contributed by atoms with Crippen LogP contribution in [-0.4, -0.2) is 58.4 Å². The zero-order chi connectivity index (χ0) is 23.1. The van der Waals surface area contributed by atoms with E-state index in [1.165, 1.54) is 0 Å². The van der Waals surface area contributed by atoms with E-state index in [2.05, 4.69) is 21.7 Å². The number of fused-ring (bicyclic) bond motifs is 3. The van der Waals surface area contributed by atoms with Crippen molar-refractivity contribution in [3.8, 4) is 5.75 Å². The summed E-state index contributed by atoms with van der Waals surface area (Å²) in [4.78, 5) is 21.8. The molecule has 6 nitrogen and oxygen atoms in total. The first kappa shape index (κ1) is 21.6. The number of hydrogen-bond donors (Lipinski definition) is 1. The average Bonchev–Trinajstić information content (AvgIpc) is 3.19. The molecule has 1 saturated heterocycles. The number of Topliss-reactive ketones (excluding diaryl/α,β-unsaturated/α-hetero) is 1. The lowest BCUT2D eigenvalue weighted by Gasteiger charge is -2.40. The van der Waals surface area contributed by atoms with E-state index in [4.69, 9.17) is 4.42 Å². The highest BCUT2D eigenvalue weighted by Crippen LogP contribution is 2.47. The van der Waals surface area contributed by atoms with Gasteiger partial charge in [0.25, 0.3) is 0 Å². The molecule has 0 saturated carbocycles. The highest BCUT2D eigenvalue weighted by Gasteiger charge is 2.33. The van der Waals surface area contributed by atoms with Crippen LogP contribution in [0.5, 0.6) is 5.75 Å². The molecule has 0 amide bonds. The fourth-order valence-corrected chi connectivity index (χ4v) is 5.28. The molecule has 1 aliphatic rings. The monoisotopic (exact) mass is 443 g/mol. The Morgan fingerprint density at radius 1 is 1.09 bits per heavy atom. The third-order valence-electron chi connectivity index (χ3n) is 6.90. The number of aromatic hydroxyl groups is 1. The van der Waals surface area contributed by atoms with Crippen molar-refractivity contribution in [1.29, 1.82) is 0 Å². The third-order valence-corrected chi connectivity index (χ3v) is 6.90. The van der Waals surface area contributed by atoms with E-state index in [-0.39, 0.29) is 17.6 Å². The van der Waals surface area contributed by atoms with E-state index < -0.39 is 0 Å². The molecule has 0 bridgehead atoms. The largest absolute Gasteiger partial charge is 0.507 e. The number of likely N-dealkylation sites (N-methyl/N-ethyl adjacent to an activating group) is 1. The molecule has 3 heterocycles. The SMILES string of the molecule is CCN1CCN(C(c2ccncc2)c2c(O)c3ccccc3c3oc(C)c(C(C)=O)c23)CC1. The summed E-state index contributed by atoms with van der Waals surface area (Å²) in [6, 6.07) is 11.5. The van der Waals surface area contributed by atoms with Crippen LogP contribution in [0.15, 0.2) is 53.2 Å². The molecule has 1 N–H and O–H groups in total. The number of phenols is 1. The lowest BCUT2D eigenvalue weighted by Crippen LogP contribution is -2.47. The number of aromatic nitrogens is 1.